The molecule has 0 spiro atoms. The molecular weight excluding hydrogens is 302 g/mol. The Bertz CT molecular complexity index is 400. The molecule has 0 aliphatic carbocycles. The number of unbranched alkanes of at least 4 members (excludes halogenated alkanes) is 8. The summed E-state index contributed by atoms with van der Waals surface area (Å²) in [6.07, 6.45) is 15.5. The molecule has 0 saturated heterocycles. The quantitative estimate of drug-likeness (QED) is 0.289. The zero-order chi connectivity index (χ0) is 17.9. The molecule has 0 fully saturated rings. The van der Waals surface area contributed by atoms with E-state index in [0.717, 1.165) is 51.4 Å². The predicted octanol–water partition coefficient (Wildman–Crippen LogP) is 3.61. The molecule has 24 heavy (non-hydrogen) atoms. The molecule has 0 aliphatic heterocycles. The van der Waals surface area contributed by atoms with Gasteiger partial charge in [0, 0.05) is 19.5 Å². The van der Waals surface area contributed by atoms with E-state index in [2.05, 4.69) is 28.9 Å². The highest BCUT2D eigenvalue weighted by Gasteiger charge is 2.10. The summed E-state index contributed by atoms with van der Waals surface area (Å²) in [5, 5.41) is 13.7. The fourth-order valence-electron chi connectivity index (χ4n) is 2.18. The van der Waals surface area contributed by atoms with Gasteiger partial charge in [-0.2, -0.15) is 5.26 Å². The number of hydrogen-bond acceptors (Lipinski definition) is 3. The van der Waals surface area contributed by atoms with Gasteiger partial charge in [-0.1, -0.05) is 38.3 Å². The zero-order valence-electron chi connectivity index (χ0n) is 15.1. The van der Waals surface area contributed by atoms with Crippen LogP contribution in [0.5, 0.6) is 0 Å². The lowest BCUT2D eigenvalue weighted by atomic mass is 10.1. The van der Waals surface area contributed by atoms with Crippen molar-refractivity contribution >= 4 is 11.8 Å². The van der Waals surface area contributed by atoms with Crippen molar-refractivity contribution < 1.29 is 9.59 Å². The molecule has 0 radical (unpaired) electrons. The van der Waals surface area contributed by atoms with Gasteiger partial charge < -0.3 is 10.6 Å². The summed E-state index contributed by atoms with van der Waals surface area (Å²) in [4.78, 5) is 22.9. The summed E-state index contributed by atoms with van der Waals surface area (Å²) in [7, 11) is 0. The Kier molecular flexibility index (Phi) is 16.2. The van der Waals surface area contributed by atoms with E-state index in [1.54, 1.807) is 0 Å². The Morgan fingerprint density at radius 2 is 1.38 bits per heavy atom. The van der Waals surface area contributed by atoms with Crippen molar-refractivity contribution in [3.05, 3.63) is 12.2 Å². The summed E-state index contributed by atoms with van der Waals surface area (Å²) in [5.41, 5.74) is 0. The average Bonchev–Trinajstić information content (AvgIpc) is 2.58. The largest absolute Gasteiger partial charge is 0.348 e. The SMILES string of the molecule is CCCCNC(=O)C(=O)NCCCCC=CCCCCCCC#N. The van der Waals surface area contributed by atoms with E-state index in [1.807, 2.05) is 6.92 Å². The lowest BCUT2D eigenvalue weighted by molar-refractivity contribution is -0.139. The molecule has 2 N–H and O–H groups in total. The predicted molar refractivity (Wildman–Crippen MR) is 97.2 cm³/mol. The van der Waals surface area contributed by atoms with Gasteiger partial charge in [0.25, 0.3) is 0 Å². The van der Waals surface area contributed by atoms with Gasteiger partial charge in [0.15, 0.2) is 0 Å². The normalized spacial score (nSPS) is 10.5. The Morgan fingerprint density at radius 1 is 0.833 bits per heavy atom. The minimum absolute atomic E-state index is 0.530. The van der Waals surface area contributed by atoms with Gasteiger partial charge in [0.05, 0.1) is 6.07 Å². The van der Waals surface area contributed by atoms with Crippen LogP contribution in [0, 0.1) is 11.3 Å². The number of amides is 2. The maximum Gasteiger partial charge on any atom is 0.309 e. The molecule has 0 bridgehead atoms. The van der Waals surface area contributed by atoms with Crippen LogP contribution in [0.4, 0.5) is 0 Å². The second-order valence-electron chi connectivity index (χ2n) is 5.94. The van der Waals surface area contributed by atoms with Gasteiger partial charge in [-0.05, 0) is 44.9 Å². The third-order valence-electron chi connectivity index (χ3n) is 3.68. The maximum absolute atomic E-state index is 11.5. The number of nitriles is 1. The van der Waals surface area contributed by atoms with Crippen molar-refractivity contribution in [3.8, 4) is 6.07 Å². The van der Waals surface area contributed by atoms with Crippen molar-refractivity contribution in [3.63, 3.8) is 0 Å². The summed E-state index contributed by atoms with van der Waals surface area (Å²) in [5.74, 6) is -1.06. The van der Waals surface area contributed by atoms with Gasteiger partial charge in [0.1, 0.15) is 0 Å². The van der Waals surface area contributed by atoms with Gasteiger partial charge in [-0.25, -0.2) is 0 Å². The van der Waals surface area contributed by atoms with Crippen LogP contribution in [0.2, 0.25) is 0 Å². The number of carbonyl (C=O) groups excluding carboxylic acids is 2. The third-order valence-corrected chi connectivity index (χ3v) is 3.68. The van der Waals surface area contributed by atoms with Crippen molar-refractivity contribution in [1.29, 1.82) is 5.26 Å². The molecule has 0 aliphatic rings. The maximum atomic E-state index is 11.5. The van der Waals surface area contributed by atoms with Gasteiger partial charge in [-0.3, -0.25) is 9.59 Å². The van der Waals surface area contributed by atoms with E-state index in [0.29, 0.717) is 19.5 Å². The van der Waals surface area contributed by atoms with E-state index >= 15 is 0 Å². The Labute approximate surface area is 146 Å². The van der Waals surface area contributed by atoms with Crippen molar-refractivity contribution in [1.82, 2.24) is 10.6 Å². The number of hydrogen-bond donors (Lipinski definition) is 2. The highest BCUT2D eigenvalue weighted by atomic mass is 16.2. The molecule has 5 heteroatoms. The van der Waals surface area contributed by atoms with Crippen molar-refractivity contribution in [2.24, 2.45) is 0 Å². The minimum atomic E-state index is -0.530. The lowest BCUT2D eigenvalue weighted by Gasteiger charge is -2.05. The molecule has 0 aromatic carbocycles. The number of carbonyl (C=O) groups is 2. The fourth-order valence-corrected chi connectivity index (χ4v) is 2.18. The first-order valence-electron chi connectivity index (χ1n) is 9.30. The molecule has 0 unspecified atom stereocenters. The Hall–Kier alpha value is -1.83. The fraction of sp³-hybridized carbons (Fsp3) is 0.737. The van der Waals surface area contributed by atoms with Crippen molar-refractivity contribution in [2.75, 3.05) is 13.1 Å². The van der Waals surface area contributed by atoms with E-state index in [4.69, 9.17) is 5.26 Å². The Balaban J connectivity index is 3.37. The highest BCUT2D eigenvalue weighted by Crippen LogP contribution is 2.06. The van der Waals surface area contributed by atoms with E-state index in [1.165, 1.54) is 12.8 Å². The topological polar surface area (TPSA) is 82.0 Å². The zero-order valence-corrected chi connectivity index (χ0v) is 15.1. The van der Waals surface area contributed by atoms with Gasteiger partial charge >= 0.3 is 11.8 Å². The molecule has 0 aromatic heterocycles. The molecule has 0 aromatic rings. The standard InChI is InChI=1S/C19H33N3O2/c1-2-3-16-21-18(23)19(24)22-17-14-12-10-8-6-4-5-7-9-11-13-15-20/h6,8H,2-5,7,9-14,16-17H2,1H3,(H,21,23)(H,22,24). The highest BCUT2D eigenvalue weighted by molar-refractivity contribution is 6.35. The number of rotatable bonds is 14. The molecule has 0 heterocycles. The van der Waals surface area contributed by atoms with Crippen LogP contribution < -0.4 is 10.6 Å². The van der Waals surface area contributed by atoms with Crippen LogP contribution in [0.3, 0.4) is 0 Å². The number of nitrogens with zero attached hydrogens (tertiary/aromatic N) is 1. The summed E-state index contributed by atoms with van der Waals surface area (Å²) >= 11 is 0. The van der Waals surface area contributed by atoms with E-state index in [-0.39, 0.29) is 0 Å². The molecule has 0 saturated carbocycles. The van der Waals surface area contributed by atoms with Crippen LogP contribution in [0.1, 0.15) is 77.6 Å². The molecular formula is C19H33N3O2. The first-order chi connectivity index (χ1) is 11.7. The average molecular weight is 335 g/mol. The second kappa shape index (κ2) is 17.5. The summed E-state index contributed by atoms with van der Waals surface area (Å²) < 4.78 is 0. The lowest BCUT2D eigenvalue weighted by Crippen LogP contribution is -2.40. The molecule has 0 atom stereocenters. The first kappa shape index (κ1) is 22.2. The monoisotopic (exact) mass is 335 g/mol. The molecule has 0 rings (SSSR count). The van der Waals surface area contributed by atoms with Crippen molar-refractivity contribution in [2.45, 2.75) is 77.6 Å². The summed E-state index contributed by atoms with van der Waals surface area (Å²) in [6, 6.07) is 2.17. The van der Waals surface area contributed by atoms with Gasteiger partial charge in [0.2, 0.25) is 0 Å². The van der Waals surface area contributed by atoms with Crippen LogP contribution in [0.25, 0.3) is 0 Å². The Morgan fingerprint density at radius 3 is 1.96 bits per heavy atom. The number of allylic oxidation sites excluding steroid dienone is 2. The molecule has 5 nitrogen and oxygen atoms in total. The van der Waals surface area contributed by atoms with Crippen LogP contribution >= 0.6 is 0 Å². The van der Waals surface area contributed by atoms with Crippen LogP contribution in [0.15, 0.2) is 12.2 Å². The van der Waals surface area contributed by atoms with Crippen LogP contribution in [-0.2, 0) is 9.59 Å². The van der Waals surface area contributed by atoms with E-state index in [9.17, 15) is 9.59 Å². The summed E-state index contributed by atoms with van der Waals surface area (Å²) in [6.45, 7) is 3.15. The second-order valence-corrected chi connectivity index (χ2v) is 5.94. The molecule has 136 valence electrons. The minimum Gasteiger partial charge on any atom is -0.348 e. The smallest absolute Gasteiger partial charge is 0.309 e. The van der Waals surface area contributed by atoms with Crippen LogP contribution in [-0.4, -0.2) is 24.9 Å². The van der Waals surface area contributed by atoms with Gasteiger partial charge in [-0.15, -0.1) is 0 Å². The number of nitrogens with one attached hydrogen (secondary N) is 2. The third kappa shape index (κ3) is 15.1. The first-order valence-corrected chi connectivity index (χ1v) is 9.30. The van der Waals surface area contributed by atoms with E-state index < -0.39 is 11.8 Å². The molecule has 2 amide bonds.